The van der Waals surface area contributed by atoms with E-state index in [4.69, 9.17) is 0 Å². The summed E-state index contributed by atoms with van der Waals surface area (Å²) in [6, 6.07) is 5.73. The number of Topliss-reactive ketones (excluding diaryl/α,β-unsaturated/α-hetero) is 1. The first-order chi connectivity index (χ1) is 9.13. The standard InChI is InChI=1S/C13H8BrIN2OS/c14-8-1-2-11(15)10(5-8)12(18)6-9-7-17-3-4-19-13(17)16-9/h1-5,7H,6H2. The molecule has 1 aromatic carbocycles. The minimum Gasteiger partial charge on any atom is -0.297 e. The number of carbonyl (C=O) groups is 1. The molecule has 0 aliphatic heterocycles. The van der Waals surface area contributed by atoms with E-state index in [1.807, 2.05) is 40.4 Å². The van der Waals surface area contributed by atoms with Crippen LogP contribution in [0.15, 0.2) is 40.4 Å². The number of nitrogens with zero attached hydrogens (tertiary/aromatic N) is 2. The third kappa shape index (κ3) is 2.75. The van der Waals surface area contributed by atoms with E-state index < -0.39 is 0 Å². The molecular weight excluding hydrogens is 439 g/mol. The van der Waals surface area contributed by atoms with Crippen molar-refractivity contribution in [2.24, 2.45) is 0 Å². The minimum absolute atomic E-state index is 0.0939. The van der Waals surface area contributed by atoms with Crippen LogP contribution in [0.1, 0.15) is 16.1 Å². The number of halogens is 2. The summed E-state index contributed by atoms with van der Waals surface area (Å²) in [5, 5.41) is 1.98. The molecule has 0 bridgehead atoms. The van der Waals surface area contributed by atoms with E-state index in [0.29, 0.717) is 6.42 Å². The van der Waals surface area contributed by atoms with E-state index in [2.05, 4.69) is 43.5 Å². The lowest BCUT2D eigenvalue weighted by molar-refractivity contribution is 0.0991. The third-order valence-corrected chi connectivity index (χ3v) is 4.92. The number of fused-ring (bicyclic) bond motifs is 1. The Morgan fingerprint density at radius 1 is 1.47 bits per heavy atom. The van der Waals surface area contributed by atoms with Gasteiger partial charge in [-0.15, -0.1) is 11.3 Å². The second-order valence-corrected chi connectivity index (χ2v) is 7.00. The predicted octanol–water partition coefficient (Wildman–Crippen LogP) is 4.19. The van der Waals surface area contributed by atoms with Gasteiger partial charge in [-0.2, -0.15) is 0 Å². The Bertz CT molecular complexity index is 736. The molecule has 3 nitrogen and oxygen atoms in total. The lowest BCUT2D eigenvalue weighted by Gasteiger charge is -2.03. The summed E-state index contributed by atoms with van der Waals surface area (Å²) < 4.78 is 3.83. The van der Waals surface area contributed by atoms with Crippen molar-refractivity contribution >= 4 is 60.6 Å². The first-order valence-electron chi connectivity index (χ1n) is 5.53. The number of rotatable bonds is 3. The fraction of sp³-hybridized carbons (Fsp3) is 0.0769. The number of thiazole rings is 1. The molecule has 2 aromatic heterocycles. The average molecular weight is 447 g/mol. The van der Waals surface area contributed by atoms with Crippen molar-refractivity contribution in [1.29, 1.82) is 0 Å². The maximum Gasteiger partial charge on any atom is 0.193 e. The van der Waals surface area contributed by atoms with E-state index in [1.54, 1.807) is 11.3 Å². The van der Waals surface area contributed by atoms with Crippen LogP contribution in [-0.2, 0) is 6.42 Å². The summed E-state index contributed by atoms with van der Waals surface area (Å²) in [7, 11) is 0. The molecule has 0 N–H and O–H groups in total. The van der Waals surface area contributed by atoms with Crippen molar-refractivity contribution in [3.63, 3.8) is 0 Å². The highest BCUT2D eigenvalue weighted by molar-refractivity contribution is 14.1. The molecule has 96 valence electrons. The van der Waals surface area contributed by atoms with Gasteiger partial charge in [-0.05, 0) is 40.8 Å². The second-order valence-electron chi connectivity index (χ2n) is 4.05. The Kier molecular flexibility index (Phi) is 3.72. The summed E-state index contributed by atoms with van der Waals surface area (Å²) in [6.07, 6.45) is 4.19. The van der Waals surface area contributed by atoms with E-state index in [-0.39, 0.29) is 5.78 Å². The quantitative estimate of drug-likeness (QED) is 0.446. The highest BCUT2D eigenvalue weighted by Gasteiger charge is 2.13. The van der Waals surface area contributed by atoms with Crippen LogP contribution in [0.5, 0.6) is 0 Å². The molecule has 0 saturated carbocycles. The van der Waals surface area contributed by atoms with Crippen LogP contribution < -0.4 is 0 Å². The molecule has 0 saturated heterocycles. The molecule has 3 rings (SSSR count). The number of benzene rings is 1. The van der Waals surface area contributed by atoms with E-state index >= 15 is 0 Å². The SMILES string of the molecule is O=C(Cc1cn2ccsc2n1)c1cc(Br)ccc1I. The lowest BCUT2D eigenvalue weighted by Crippen LogP contribution is -2.06. The van der Waals surface area contributed by atoms with Gasteiger partial charge < -0.3 is 0 Å². The first-order valence-corrected chi connectivity index (χ1v) is 8.28. The Morgan fingerprint density at radius 3 is 3.11 bits per heavy atom. The normalized spacial score (nSPS) is 11.1. The van der Waals surface area contributed by atoms with Gasteiger partial charge in [0.25, 0.3) is 0 Å². The molecule has 0 aliphatic carbocycles. The van der Waals surface area contributed by atoms with Crippen LogP contribution in [0.4, 0.5) is 0 Å². The van der Waals surface area contributed by atoms with Gasteiger partial charge in [0.15, 0.2) is 10.7 Å². The van der Waals surface area contributed by atoms with Crippen LogP contribution in [-0.4, -0.2) is 15.2 Å². The monoisotopic (exact) mass is 446 g/mol. The van der Waals surface area contributed by atoms with Crippen molar-refractivity contribution in [3.05, 3.63) is 55.3 Å². The van der Waals surface area contributed by atoms with E-state index in [1.165, 1.54) is 0 Å². The molecule has 0 spiro atoms. The molecule has 6 heteroatoms. The fourth-order valence-electron chi connectivity index (χ4n) is 1.83. The molecule has 0 amide bonds. The third-order valence-electron chi connectivity index (χ3n) is 2.71. The zero-order valence-electron chi connectivity index (χ0n) is 9.64. The fourth-order valence-corrected chi connectivity index (χ4v) is 3.55. The van der Waals surface area contributed by atoms with E-state index in [9.17, 15) is 4.79 Å². The van der Waals surface area contributed by atoms with Crippen molar-refractivity contribution in [1.82, 2.24) is 9.38 Å². The number of hydrogen-bond acceptors (Lipinski definition) is 3. The summed E-state index contributed by atoms with van der Waals surface area (Å²) in [5.74, 6) is 0.0939. The number of ketones is 1. The highest BCUT2D eigenvalue weighted by Crippen LogP contribution is 2.20. The maximum atomic E-state index is 12.3. The predicted molar refractivity (Wildman–Crippen MR) is 88.0 cm³/mol. The molecule has 0 atom stereocenters. The molecule has 0 radical (unpaired) electrons. The Labute approximate surface area is 135 Å². The van der Waals surface area contributed by atoms with Gasteiger partial charge in [0.1, 0.15) is 0 Å². The van der Waals surface area contributed by atoms with Gasteiger partial charge in [0, 0.05) is 31.4 Å². The van der Waals surface area contributed by atoms with Crippen LogP contribution in [0, 0.1) is 3.57 Å². The topological polar surface area (TPSA) is 34.4 Å². The van der Waals surface area contributed by atoms with Gasteiger partial charge in [-0.25, -0.2) is 4.98 Å². The molecule has 3 aromatic rings. The highest BCUT2D eigenvalue weighted by atomic mass is 127. The molecule has 2 heterocycles. The summed E-state index contributed by atoms with van der Waals surface area (Å²) in [4.78, 5) is 17.7. The second kappa shape index (κ2) is 5.34. The average Bonchev–Trinajstić information content (AvgIpc) is 2.92. The number of carbonyl (C=O) groups excluding carboxylic acids is 1. The Balaban J connectivity index is 1.88. The zero-order valence-corrected chi connectivity index (χ0v) is 14.2. The van der Waals surface area contributed by atoms with Gasteiger partial charge in [0.2, 0.25) is 0 Å². The van der Waals surface area contributed by atoms with Crippen LogP contribution in [0.25, 0.3) is 4.96 Å². The largest absolute Gasteiger partial charge is 0.297 e. The molecule has 0 unspecified atom stereocenters. The minimum atomic E-state index is 0.0939. The number of hydrogen-bond donors (Lipinski definition) is 0. The Hall–Kier alpha value is -0.730. The Morgan fingerprint density at radius 2 is 2.32 bits per heavy atom. The summed E-state index contributed by atoms with van der Waals surface area (Å²) in [5.41, 5.74) is 1.55. The van der Waals surface area contributed by atoms with Crippen molar-refractivity contribution in [2.75, 3.05) is 0 Å². The van der Waals surface area contributed by atoms with Gasteiger partial charge in [0.05, 0.1) is 12.1 Å². The van der Waals surface area contributed by atoms with Crippen molar-refractivity contribution in [2.45, 2.75) is 6.42 Å². The van der Waals surface area contributed by atoms with Crippen LogP contribution >= 0.6 is 49.9 Å². The maximum absolute atomic E-state index is 12.3. The number of imidazole rings is 1. The smallest absolute Gasteiger partial charge is 0.193 e. The van der Waals surface area contributed by atoms with Gasteiger partial charge in [-0.3, -0.25) is 9.20 Å². The van der Waals surface area contributed by atoms with Crippen LogP contribution in [0.3, 0.4) is 0 Å². The molecule has 0 fully saturated rings. The van der Waals surface area contributed by atoms with E-state index in [0.717, 1.165) is 24.3 Å². The molecule has 0 aliphatic rings. The lowest BCUT2D eigenvalue weighted by atomic mass is 10.1. The first kappa shape index (κ1) is 13.3. The van der Waals surface area contributed by atoms with Crippen LogP contribution in [0.2, 0.25) is 0 Å². The molecule has 19 heavy (non-hydrogen) atoms. The molecular formula is C13H8BrIN2OS. The van der Waals surface area contributed by atoms with Crippen molar-refractivity contribution in [3.8, 4) is 0 Å². The summed E-state index contributed by atoms with van der Waals surface area (Å²) in [6.45, 7) is 0. The zero-order chi connectivity index (χ0) is 13.4. The van der Waals surface area contributed by atoms with Gasteiger partial charge in [-0.1, -0.05) is 15.9 Å². The number of aromatic nitrogens is 2. The summed E-state index contributed by atoms with van der Waals surface area (Å²) >= 11 is 7.15. The van der Waals surface area contributed by atoms with Crippen molar-refractivity contribution < 1.29 is 4.79 Å². The van der Waals surface area contributed by atoms with Gasteiger partial charge >= 0.3 is 0 Å².